The molecule has 1 heterocycles. The highest BCUT2D eigenvalue weighted by molar-refractivity contribution is 5.34. The van der Waals surface area contributed by atoms with Crippen LogP contribution in [-0.2, 0) is 18.4 Å². The van der Waals surface area contributed by atoms with Crippen molar-refractivity contribution in [2.75, 3.05) is 6.54 Å². The van der Waals surface area contributed by atoms with E-state index in [1.165, 1.54) is 12.0 Å². The Morgan fingerprint density at radius 2 is 1.95 bits per heavy atom. The molecular formula is C16H28N2O. The summed E-state index contributed by atoms with van der Waals surface area (Å²) in [4.78, 5) is 0. The Balaban J connectivity index is 2.20. The van der Waals surface area contributed by atoms with E-state index in [1.54, 1.807) is 0 Å². The van der Waals surface area contributed by atoms with E-state index in [1.807, 2.05) is 0 Å². The third-order valence-electron chi connectivity index (χ3n) is 3.91. The molecule has 108 valence electrons. The SMILES string of the molecule is CC(C)CNCc1noc2c1C(C)(C)CC(C)(C)C2. The minimum Gasteiger partial charge on any atom is -0.361 e. The summed E-state index contributed by atoms with van der Waals surface area (Å²) in [7, 11) is 0. The van der Waals surface area contributed by atoms with Crippen LogP contribution in [0.25, 0.3) is 0 Å². The minimum absolute atomic E-state index is 0.159. The molecule has 0 saturated carbocycles. The molecule has 1 N–H and O–H groups in total. The normalized spacial score (nSPS) is 20.6. The second-order valence-corrected chi connectivity index (χ2v) is 7.85. The molecule has 1 aromatic rings. The molecule has 0 bridgehead atoms. The maximum absolute atomic E-state index is 5.63. The monoisotopic (exact) mass is 264 g/mol. The van der Waals surface area contributed by atoms with Gasteiger partial charge in [0.25, 0.3) is 0 Å². The van der Waals surface area contributed by atoms with E-state index in [-0.39, 0.29) is 5.41 Å². The van der Waals surface area contributed by atoms with E-state index in [0.29, 0.717) is 11.3 Å². The van der Waals surface area contributed by atoms with Crippen LogP contribution in [0.15, 0.2) is 4.52 Å². The van der Waals surface area contributed by atoms with Gasteiger partial charge in [-0.05, 0) is 29.7 Å². The topological polar surface area (TPSA) is 38.1 Å². The second-order valence-electron chi connectivity index (χ2n) is 7.85. The Bertz CT molecular complexity index is 444. The highest BCUT2D eigenvalue weighted by Gasteiger charge is 2.41. The van der Waals surface area contributed by atoms with Crippen molar-refractivity contribution in [1.29, 1.82) is 0 Å². The van der Waals surface area contributed by atoms with E-state index >= 15 is 0 Å². The van der Waals surface area contributed by atoms with Gasteiger partial charge in [0, 0.05) is 18.5 Å². The number of rotatable bonds is 4. The first-order chi connectivity index (χ1) is 8.71. The Kier molecular flexibility index (Phi) is 3.78. The zero-order valence-corrected chi connectivity index (χ0v) is 13.3. The predicted molar refractivity (Wildman–Crippen MR) is 78.2 cm³/mol. The standard InChI is InChI=1S/C16H28N2O/c1-11(2)8-17-9-12-14-13(19-18-12)7-15(3,4)10-16(14,5)6/h11,17H,7-10H2,1-6H3. The molecule has 19 heavy (non-hydrogen) atoms. The number of hydrogen-bond acceptors (Lipinski definition) is 3. The molecule has 0 aromatic carbocycles. The fraction of sp³-hybridized carbons (Fsp3) is 0.812. The van der Waals surface area contributed by atoms with Crippen molar-refractivity contribution in [1.82, 2.24) is 10.5 Å². The Hall–Kier alpha value is -0.830. The number of nitrogens with zero attached hydrogens (tertiary/aromatic N) is 1. The van der Waals surface area contributed by atoms with Crippen LogP contribution < -0.4 is 5.32 Å². The van der Waals surface area contributed by atoms with Gasteiger partial charge in [-0.25, -0.2) is 0 Å². The van der Waals surface area contributed by atoms with Crippen LogP contribution in [0, 0.1) is 11.3 Å². The zero-order valence-electron chi connectivity index (χ0n) is 13.3. The lowest BCUT2D eigenvalue weighted by molar-refractivity contribution is 0.203. The molecule has 3 nitrogen and oxygen atoms in total. The van der Waals surface area contributed by atoms with Gasteiger partial charge in [-0.1, -0.05) is 46.7 Å². The van der Waals surface area contributed by atoms with Crippen molar-refractivity contribution in [2.45, 2.75) is 66.3 Å². The van der Waals surface area contributed by atoms with Crippen molar-refractivity contribution < 1.29 is 4.52 Å². The summed E-state index contributed by atoms with van der Waals surface area (Å²) in [6.45, 7) is 15.5. The molecule has 0 fully saturated rings. The minimum atomic E-state index is 0.159. The number of aromatic nitrogens is 1. The average molecular weight is 264 g/mol. The molecule has 0 amide bonds. The predicted octanol–water partition coefficient (Wildman–Crippen LogP) is 3.67. The lowest BCUT2D eigenvalue weighted by Gasteiger charge is -2.39. The van der Waals surface area contributed by atoms with Crippen LogP contribution in [-0.4, -0.2) is 11.7 Å². The van der Waals surface area contributed by atoms with Gasteiger partial charge >= 0.3 is 0 Å². The van der Waals surface area contributed by atoms with Crippen molar-refractivity contribution in [3.05, 3.63) is 17.0 Å². The number of nitrogens with one attached hydrogen (secondary N) is 1. The summed E-state index contributed by atoms with van der Waals surface area (Å²) in [6.07, 6.45) is 2.19. The highest BCUT2D eigenvalue weighted by Crippen LogP contribution is 2.46. The quantitative estimate of drug-likeness (QED) is 0.901. The van der Waals surface area contributed by atoms with Crippen LogP contribution in [0.5, 0.6) is 0 Å². The molecule has 0 atom stereocenters. The lowest BCUT2D eigenvalue weighted by atomic mass is 9.64. The van der Waals surface area contributed by atoms with Gasteiger partial charge in [0.05, 0.1) is 0 Å². The first-order valence-electron chi connectivity index (χ1n) is 7.40. The molecule has 1 aliphatic rings. The lowest BCUT2D eigenvalue weighted by Crippen LogP contribution is -2.35. The van der Waals surface area contributed by atoms with Gasteiger partial charge in [-0.3, -0.25) is 0 Å². The maximum Gasteiger partial charge on any atom is 0.141 e. The van der Waals surface area contributed by atoms with Gasteiger partial charge < -0.3 is 9.84 Å². The molecule has 0 spiro atoms. The molecule has 0 aliphatic heterocycles. The molecule has 0 radical (unpaired) electrons. The largest absolute Gasteiger partial charge is 0.361 e. The van der Waals surface area contributed by atoms with E-state index in [2.05, 4.69) is 52.0 Å². The van der Waals surface area contributed by atoms with Crippen LogP contribution in [0.1, 0.15) is 65.0 Å². The Morgan fingerprint density at radius 3 is 2.58 bits per heavy atom. The average Bonchev–Trinajstić information content (AvgIpc) is 2.57. The summed E-state index contributed by atoms with van der Waals surface area (Å²) in [6, 6.07) is 0. The highest BCUT2D eigenvalue weighted by atomic mass is 16.5. The third kappa shape index (κ3) is 3.19. The van der Waals surface area contributed by atoms with Crippen molar-refractivity contribution >= 4 is 0 Å². The molecule has 1 aromatic heterocycles. The van der Waals surface area contributed by atoms with Crippen LogP contribution >= 0.6 is 0 Å². The zero-order chi connectivity index (χ0) is 14.3. The van der Waals surface area contributed by atoms with E-state index in [4.69, 9.17) is 4.52 Å². The molecule has 1 aliphatic carbocycles. The van der Waals surface area contributed by atoms with Crippen molar-refractivity contribution in [2.24, 2.45) is 11.3 Å². The van der Waals surface area contributed by atoms with E-state index in [9.17, 15) is 0 Å². The first kappa shape index (κ1) is 14.6. The summed E-state index contributed by atoms with van der Waals surface area (Å²) < 4.78 is 5.63. The Labute approximate surface area is 117 Å². The summed E-state index contributed by atoms with van der Waals surface area (Å²) in [5, 5.41) is 7.79. The van der Waals surface area contributed by atoms with E-state index in [0.717, 1.165) is 31.0 Å². The number of fused-ring (bicyclic) bond motifs is 1. The third-order valence-corrected chi connectivity index (χ3v) is 3.91. The van der Waals surface area contributed by atoms with Gasteiger partial charge in [0.1, 0.15) is 11.5 Å². The Morgan fingerprint density at radius 1 is 1.26 bits per heavy atom. The van der Waals surface area contributed by atoms with Crippen LogP contribution in [0.2, 0.25) is 0 Å². The summed E-state index contributed by atoms with van der Waals surface area (Å²) >= 11 is 0. The molecule has 0 saturated heterocycles. The van der Waals surface area contributed by atoms with Gasteiger partial charge in [-0.2, -0.15) is 0 Å². The van der Waals surface area contributed by atoms with Gasteiger partial charge in [-0.15, -0.1) is 0 Å². The van der Waals surface area contributed by atoms with Crippen LogP contribution in [0.4, 0.5) is 0 Å². The fourth-order valence-electron chi connectivity index (χ4n) is 3.63. The first-order valence-corrected chi connectivity index (χ1v) is 7.40. The summed E-state index contributed by atoms with van der Waals surface area (Å²) in [5.74, 6) is 1.76. The molecule has 3 heteroatoms. The smallest absolute Gasteiger partial charge is 0.141 e. The van der Waals surface area contributed by atoms with Crippen molar-refractivity contribution in [3.8, 4) is 0 Å². The maximum atomic E-state index is 5.63. The van der Waals surface area contributed by atoms with Crippen LogP contribution in [0.3, 0.4) is 0 Å². The van der Waals surface area contributed by atoms with Crippen molar-refractivity contribution in [3.63, 3.8) is 0 Å². The van der Waals surface area contributed by atoms with E-state index < -0.39 is 0 Å². The molecule has 2 rings (SSSR count). The fourth-order valence-corrected chi connectivity index (χ4v) is 3.63. The number of hydrogen-bond donors (Lipinski definition) is 1. The second kappa shape index (κ2) is 4.93. The van der Waals surface area contributed by atoms with Gasteiger partial charge in [0.2, 0.25) is 0 Å². The molecule has 0 unspecified atom stereocenters. The molecular weight excluding hydrogens is 236 g/mol. The van der Waals surface area contributed by atoms with Gasteiger partial charge in [0.15, 0.2) is 0 Å². The summed E-state index contributed by atoms with van der Waals surface area (Å²) in [5.41, 5.74) is 2.92.